The van der Waals surface area contributed by atoms with E-state index in [-0.39, 0.29) is 5.75 Å². The van der Waals surface area contributed by atoms with Gasteiger partial charge in [0.15, 0.2) is 11.9 Å². The maximum absolute atomic E-state index is 8.60. The maximum Gasteiger partial charge on any atom is 0.209 e. The van der Waals surface area contributed by atoms with Crippen LogP contribution in [0.1, 0.15) is 0 Å². The summed E-state index contributed by atoms with van der Waals surface area (Å²) in [6.45, 7) is 0. The van der Waals surface area contributed by atoms with Crippen LogP contribution < -0.4 is 4.98 Å². The minimum atomic E-state index is -1.75. The summed E-state index contributed by atoms with van der Waals surface area (Å²) >= 11 is 0. The third-order valence-corrected chi connectivity index (χ3v) is 0.691. The summed E-state index contributed by atoms with van der Waals surface area (Å²) < 4.78 is 0. The van der Waals surface area contributed by atoms with E-state index >= 15 is 0 Å². The van der Waals surface area contributed by atoms with Crippen molar-refractivity contribution in [2.24, 2.45) is 0 Å². The van der Waals surface area contributed by atoms with Gasteiger partial charge in [0, 0.05) is 6.07 Å². The number of hydrogen-bond acceptors (Lipinski definition) is 4. The molecule has 6 heteroatoms. The third-order valence-electron chi connectivity index (χ3n) is 0.691. The molecule has 0 aliphatic heterocycles. The van der Waals surface area contributed by atoms with E-state index in [1.165, 1.54) is 6.20 Å². The van der Waals surface area contributed by atoms with Gasteiger partial charge in [-0.25, -0.2) is 4.98 Å². The first kappa shape index (κ1) is 9.15. The predicted octanol–water partition coefficient (Wildman–Crippen LogP) is -0.0328. The molecule has 0 saturated carbocycles. The Labute approximate surface area is 61.9 Å². The van der Waals surface area contributed by atoms with Gasteiger partial charge < -0.3 is 20.4 Å². The molecule has 1 rings (SSSR count). The van der Waals surface area contributed by atoms with Crippen molar-refractivity contribution in [2.45, 2.75) is 0 Å². The van der Waals surface area contributed by atoms with Gasteiger partial charge in [0.25, 0.3) is 0 Å². The normalized spacial score (nSPS) is 7.64. The van der Waals surface area contributed by atoms with Crippen LogP contribution in [0.4, 0.5) is 0 Å². The number of H-pyrrole nitrogens is 1. The van der Waals surface area contributed by atoms with Crippen molar-refractivity contribution in [2.75, 3.05) is 0 Å². The fourth-order valence-electron chi connectivity index (χ4n) is 0.384. The Bertz CT molecular complexity index is 209. The van der Waals surface area contributed by atoms with E-state index < -0.39 is 5.09 Å². The highest BCUT2D eigenvalue weighted by Gasteiger charge is 1.82. The van der Waals surface area contributed by atoms with Crippen molar-refractivity contribution < 1.29 is 15.2 Å². The Morgan fingerprint density at radius 2 is 2.09 bits per heavy atom. The van der Waals surface area contributed by atoms with Gasteiger partial charge in [0.2, 0.25) is 6.20 Å². The molecule has 0 atom stereocenters. The van der Waals surface area contributed by atoms with E-state index in [9.17, 15) is 0 Å². The first-order chi connectivity index (χ1) is 5.13. The Kier molecular flexibility index (Phi) is 4.14. The molecular weight excluding hydrogens is 152 g/mol. The summed E-state index contributed by atoms with van der Waals surface area (Å²) in [5, 5.41) is 23.4. The molecule has 1 heterocycles. The van der Waals surface area contributed by atoms with Crippen molar-refractivity contribution >= 4 is 0 Å². The van der Waals surface area contributed by atoms with Crippen molar-refractivity contribution in [3.8, 4) is 5.75 Å². The van der Waals surface area contributed by atoms with Gasteiger partial charge in [0.05, 0.1) is 5.09 Å². The molecule has 0 radical (unpaired) electrons. The van der Waals surface area contributed by atoms with E-state index in [1.807, 2.05) is 0 Å². The van der Waals surface area contributed by atoms with Gasteiger partial charge in [-0.15, -0.1) is 0 Å². The third kappa shape index (κ3) is 8.15. The molecule has 1 aromatic heterocycles. The molecule has 0 unspecified atom stereocenters. The lowest BCUT2D eigenvalue weighted by Gasteiger charge is -1.76. The van der Waals surface area contributed by atoms with Crippen LogP contribution in [0.25, 0.3) is 0 Å². The quantitative estimate of drug-likeness (QED) is 0.423. The molecule has 0 aliphatic rings. The van der Waals surface area contributed by atoms with Crippen LogP contribution >= 0.6 is 0 Å². The minimum Gasteiger partial charge on any atom is -0.503 e. The lowest BCUT2D eigenvalue weighted by Crippen LogP contribution is -1.95. The second-order valence-electron chi connectivity index (χ2n) is 1.49. The van der Waals surface area contributed by atoms with E-state index in [4.69, 9.17) is 20.4 Å². The Hall–Kier alpha value is -1.85. The van der Waals surface area contributed by atoms with Gasteiger partial charge >= 0.3 is 0 Å². The van der Waals surface area contributed by atoms with Crippen LogP contribution in [0.2, 0.25) is 0 Å². The van der Waals surface area contributed by atoms with Crippen LogP contribution in [0.5, 0.6) is 5.75 Å². The zero-order valence-corrected chi connectivity index (χ0v) is 5.43. The molecule has 6 nitrogen and oxygen atoms in total. The molecule has 60 valence electrons. The Morgan fingerprint density at radius 3 is 2.27 bits per heavy atom. The number of aromatic nitrogens is 1. The highest BCUT2D eigenvalue weighted by atomic mass is 16.9. The first-order valence-corrected chi connectivity index (χ1v) is 2.59. The highest BCUT2D eigenvalue weighted by Crippen LogP contribution is 1.97. The number of aromatic hydroxyl groups is 1. The molecule has 0 fully saturated rings. The summed E-state index contributed by atoms with van der Waals surface area (Å²) in [5.74, 6) is 0.266. The van der Waals surface area contributed by atoms with Gasteiger partial charge in [-0.2, -0.15) is 0 Å². The average molecular weight is 158 g/mol. The predicted molar refractivity (Wildman–Crippen MR) is 35.0 cm³/mol. The molecule has 0 amide bonds. The van der Waals surface area contributed by atoms with Gasteiger partial charge in [0.1, 0.15) is 0 Å². The Morgan fingerprint density at radius 1 is 1.55 bits per heavy atom. The molecular formula is C5H6N2O4. The topological polar surface area (TPSA) is 101 Å². The number of nitrogens with zero attached hydrogens (tertiary/aromatic N) is 1. The van der Waals surface area contributed by atoms with E-state index in [2.05, 4.69) is 4.98 Å². The fraction of sp³-hybridized carbons (Fsp3) is 0. The number of pyridine rings is 1. The second-order valence-corrected chi connectivity index (χ2v) is 1.49. The van der Waals surface area contributed by atoms with Crippen molar-refractivity contribution in [3.05, 3.63) is 39.8 Å². The lowest BCUT2D eigenvalue weighted by atomic mass is 10.5. The van der Waals surface area contributed by atoms with Crippen LogP contribution in [0.3, 0.4) is 0 Å². The monoisotopic (exact) mass is 158 g/mol. The number of rotatable bonds is 0. The van der Waals surface area contributed by atoms with Crippen molar-refractivity contribution in [1.29, 1.82) is 0 Å². The van der Waals surface area contributed by atoms with Gasteiger partial charge in [-0.05, 0) is 6.07 Å². The van der Waals surface area contributed by atoms with Crippen LogP contribution in [0, 0.1) is 15.3 Å². The largest absolute Gasteiger partial charge is 0.503 e. The minimum absolute atomic E-state index is 0.266. The van der Waals surface area contributed by atoms with E-state index in [0.717, 1.165) is 0 Å². The summed E-state index contributed by atoms with van der Waals surface area (Å²) in [4.78, 5) is 11.0. The highest BCUT2D eigenvalue weighted by molar-refractivity contribution is 5.08. The Balaban J connectivity index is 0.000000218. The van der Waals surface area contributed by atoms with Crippen molar-refractivity contribution in [1.82, 2.24) is 0 Å². The summed E-state index contributed by atoms with van der Waals surface area (Å²) in [7, 11) is 0. The molecule has 0 aromatic carbocycles. The lowest BCUT2D eigenvalue weighted by molar-refractivity contribution is -0.402. The van der Waals surface area contributed by atoms with Crippen molar-refractivity contribution in [3.63, 3.8) is 0 Å². The molecule has 11 heavy (non-hydrogen) atoms. The standard InChI is InChI=1S/C5H5NO.NO3/c7-5-2-1-3-6-4-5;2-1(3)4/h1-4,7H;/q;-1/p+1. The summed E-state index contributed by atoms with van der Waals surface area (Å²) in [5.41, 5.74) is 0. The van der Waals surface area contributed by atoms with E-state index in [1.54, 1.807) is 18.3 Å². The molecule has 2 N–H and O–H groups in total. The average Bonchev–Trinajstić information content (AvgIpc) is 1.87. The first-order valence-electron chi connectivity index (χ1n) is 2.59. The zero-order chi connectivity index (χ0) is 8.69. The maximum atomic E-state index is 8.60. The van der Waals surface area contributed by atoms with E-state index in [0.29, 0.717) is 0 Å². The molecule has 0 saturated heterocycles. The van der Waals surface area contributed by atoms with Crippen LogP contribution in [-0.4, -0.2) is 10.2 Å². The molecule has 0 spiro atoms. The smallest absolute Gasteiger partial charge is 0.209 e. The van der Waals surface area contributed by atoms with Crippen LogP contribution in [-0.2, 0) is 0 Å². The molecule has 0 aliphatic carbocycles. The number of hydrogen-bond donors (Lipinski definition) is 1. The zero-order valence-electron chi connectivity index (χ0n) is 5.43. The number of nitrogens with one attached hydrogen (secondary N) is 1. The summed E-state index contributed by atoms with van der Waals surface area (Å²) in [6, 6.07) is 3.34. The van der Waals surface area contributed by atoms with Gasteiger partial charge in [-0.3, -0.25) is 0 Å². The second kappa shape index (κ2) is 4.98. The van der Waals surface area contributed by atoms with Crippen LogP contribution in [0.15, 0.2) is 24.5 Å². The van der Waals surface area contributed by atoms with Gasteiger partial charge in [-0.1, -0.05) is 0 Å². The fourth-order valence-corrected chi connectivity index (χ4v) is 0.384. The molecule has 0 bridgehead atoms. The molecule has 1 aromatic rings. The SMILES string of the molecule is O=[N+]([O-])[O-].Oc1ccc[nH+]c1. The number of aromatic amines is 1. The summed E-state index contributed by atoms with van der Waals surface area (Å²) in [6.07, 6.45) is 3.25.